The predicted octanol–water partition coefficient (Wildman–Crippen LogP) is 2.39. The van der Waals surface area contributed by atoms with Gasteiger partial charge in [0.25, 0.3) is 0 Å². The van der Waals surface area contributed by atoms with Crippen molar-refractivity contribution in [3.63, 3.8) is 0 Å². The van der Waals surface area contributed by atoms with E-state index >= 15 is 0 Å². The quantitative estimate of drug-likeness (QED) is 0.529. The second kappa shape index (κ2) is 5.55. The van der Waals surface area contributed by atoms with Crippen molar-refractivity contribution < 1.29 is 9.53 Å². The van der Waals surface area contributed by atoms with E-state index in [1.165, 1.54) is 5.56 Å². The molecule has 14 heavy (non-hydrogen) atoms. The number of aldehydes is 1. The van der Waals surface area contributed by atoms with E-state index in [1.54, 1.807) is 7.11 Å². The Bertz CT molecular complexity index is 305. The SMILES string of the molecule is COCCCc1cccc(C=O)c1C. The summed E-state index contributed by atoms with van der Waals surface area (Å²) in [7, 11) is 1.70. The molecule has 0 amide bonds. The molecule has 0 N–H and O–H groups in total. The van der Waals surface area contributed by atoms with Gasteiger partial charge in [-0.2, -0.15) is 0 Å². The molecule has 0 atom stereocenters. The highest BCUT2D eigenvalue weighted by Gasteiger charge is 2.02. The Labute approximate surface area is 84.9 Å². The molecule has 0 aliphatic heterocycles. The Morgan fingerprint density at radius 1 is 1.43 bits per heavy atom. The van der Waals surface area contributed by atoms with Crippen molar-refractivity contribution in [2.75, 3.05) is 13.7 Å². The lowest BCUT2D eigenvalue weighted by molar-refractivity contribution is 0.112. The molecule has 0 aliphatic carbocycles. The average Bonchev–Trinajstić information content (AvgIpc) is 2.21. The van der Waals surface area contributed by atoms with Crippen molar-refractivity contribution in [3.05, 3.63) is 34.9 Å². The van der Waals surface area contributed by atoms with Crippen molar-refractivity contribution >= 4 is 6.29 Å². The largest absolute Gasteiger partial charge is 0.385 e. The molecule has 0 aromatic heterocycles. The Morgan fingerprint density at radius 2 is 2.21 bits per heavy atom. The fourth-order valence-corrected chi connectivity index (χ4v) is 1.51. The summed E-state index contributed by atoms with van der Waals surface area (Å²) in [6, 6.07) is 5.85. The van der Waals surface area contributed by atoms with E-state index < -0.39 is 0 Å². The van der Waals surface area contributed by atoms with E-state index in [0.29, 0.717) is 0 Å². The topological polar surface area (TPSA) is 26.3 Å². The molecular formula is C12H16O2. The molecule has 0 heterocycles. The molecule has 0 spiro atoms. The first-order chi connectivity index (χ1) is 6.79. The summed E-state index contributed by atoms with van der Waals surface area (Å²) in [6.07, 6.45) is 2.89. The van der Waals surface area contributed by atoms with Crippen LogP contribution in [0, 0.1) is 6.92 Å². The van der Waals surface area contributed by atoms with Gasteiger partial charge in [-0.1, -0.05) is 18.2 Å². The highest BCUT2D eigenvalue weighted by Crippen LogP contribution is 2.13. The minimum absolute atomic E-state index is 0.769. The Hall–Kier alpha value is -1.15. The van der Waals surface area contributed by atoms with Crippen LogP contribution in [0.25, 0.3) is 0 Å². The van der Waals surface area contributed by atoms with Gasteiger partial charge in [0.15, 0.2) is 0 Å². The standard InChI is InChI=1S/C12H16O2/c1-10-11(7-4-8-14-2)5-3-6-12(10)9-13/h3,5-6,9H,4,7-8H2,1-2H3. The smallest absolute Gasteiger partial charge is 0.150 e. The Morgan fingerprint density at radius 3 is 2.86 bits per heavy atom. The third kappa shape index (κ3) is 2.67. The maximum atomic E-state index is 10.7. The van der Waals surface area contributed by atoms with Gasteiger partial charge in [-0.25, -0.2) is 0 Å². The van der Waals surface area contributed by atoms with Gasteiger partial charge < -0.3 is 4.74 Å². The highest BCUT2D eigenvalue weighted by molar-refractivity contribution is 5.77. The molecule has 2 heteroatoms. The first-order valence-electron chi connectivity index (χ1n) is 4.82. The van der Waals surface area contributed by atoms with Gasteiger partial charge >= 0.3 is 0 Å². The Balaban J connectivity index is 2.71. The number of carbonyl (C=O) groups excluding carboxylic acids is 1. The van der Waals surface area contributed by atoms with E-state index in [4.69, 9.17) is 4.74 Å². The molecule has 0 bridgehead atoms. The van der Waals surface area contributed by atoms with Crippen LogP contribution in [-0.2, 0) is 11.2 Å². The van der Waals surface area contributed by atoms with Crippen LogP contribution in [0.5, 0.6) is 0 Å². The minimum atomic E-state index is 0.769. The maximum Gasteiger partial charge on any atom is 0.150 e. The van der Waals surface area contributed by atoms with Crippen LogP contribution in [0.3, 0.4) is 0 Å². The van der Waals surface area contributed by atoms with Gasteiger partial charge in [-0.05, 0) is 30.9 Å². The summed E-state index contributed by atoms with van der Waals surface area (Å²) < 4.78 is 4.99. The third-order valence-corrected chi connectivity index (χ3v) is 2.41. The van der Waals surface area contributed by atoms with Crippen LogP contribution in [0.4, 0.5) is 0 Å². The van der Waals surface area contributed by atoms with E-state index in [2.05, 4.69) is 6.07 Å². The molecule has 1 aromatic rings. The van der Waals surface area contributed by atoms with Gasteiger partial charge in [0.05, 0.1) is 0 Å². The molecular weight excluding hydrogens is 176 g/mol. The van der Waals surface area contributed by atoms with Crippen molar-refractivity contribution in [2.45, 2.75) is 19.8 Å². The van der Waals surface area contributed by atoms with E-state index in [0.717, 1.165) is 36.9 Å². The van der Waals surface area contributed by atoms with Gasteiger partial charge in [-0.15, -0.1) is 0 Å². The summed E-state index contributed by atoms with van der Waals surface area (Å²) >= 11 is 0. The monoisotopic (exact) mass is 192 g/mol. The van der Waals surface area contributed by atoms with E-state index in [-0.39, 0.29) is 0 Å². The van der Waals surface area contributed by atoms with Crippen LogP contribution in [0.1, 0.15) is 27.9 Å². The van der Waals surface area contributed by atoms with Gasteiger partial charge in [0, 0.05) is 19.3 Å². The summed E-state index contributed by atoms with van der Waals surface area (Å²) in [5, 5.41) is 0. The first-order valence-corrected chi connectivity index (χ1v) is 4.82. The van der Waals surface area contributed by atoms with Crippen molar-refractivity contribution in [3.8, 4) is 0 Å². The minimum Gasteiger partial charge on any atom is -0.385 e. The molecule has 0 saturated heterocycles. The van der Waals surface area contributed by atoms with E-state index in [9.17, 15) is 4.79 Å². The number of benzene rings is 1. The van der Waals surface area contributed by atoms with Crippen LogP contribution in [0.2, 0.25) is 0 Å². The van der Waals surface area contributed by atoms with Gasteiger partial charge in [0.2, 0.25) is 0 Å². The number of rotatable bonds is 5. The summed E-state index contributed by atoms with van der Waals surface area (Å²) in [5.41, 5.74) is 3.13. The van der Waals surface area contributed by atoms with Crippen molar-refractivity contribution in [1.29, 1.82) is 0 Å². The summed E-state index contributed by atoms with van der Waals surface area (Å²) in [6.45, 7) is 2.76. The molecule has 76 valence electrons. The van der Waals surface area contributed by atoms with Gasteiger partial charge in [0.1, 0.15) is 6.29 Å². The fourth-order valence-electron chi connectivity index (χ4n) is 1.51. The second-order valence-electron chi connectivity index (χ2n) is 3.35. The van der Waals surface area contributed by atoms with Crippen LogP contribution < -0.4 is 0 Å². The maximum absolute atomic E-state index is 10.7. The first kappa shape index (κ1) is 10.9. The van der Waals surface area contributed by atoms with Crippen LogP contribution >= 0.6 is 0 Å². The fraction of sp³-hybridized carbons (Fsp3) is 0.417. The number of hydrogen-bond donors (Lipinski definition) is 0. The molecule has 1 rings (SSSR count). The summed E-state index contributed by atoms with van der Waals surface area (Å²) in [4.78, 5) is 10.7. The molecule has 0 saturated carbocycles. The Kier molecular flexibility index (Phi) is 4.33. The van der Waals surface area contributed by atoms with Crippen LogP contribution in [0.15, 0.2) is 18.2 Å². The molecule has 0 fully saturated rings. The normalized spacial score (nSPS) is 10.1. The predicted molar refractivity (Wildman–Crippen MR) is 56.8 cm³/mol. The lowest BCUT2D eigenvalue weighted by Crippen LogP contribution is -1.97. The third-order valence-electron chi connectivity index (χ3n) is 2.41. The molecule has 1 aromatic carbocycles. The summed E-state index contributed by atoms with van der Waals surface area (Å²) in [5.74, 6) is 0. The number of ether oxygens (including phenoxy) is 1. The molecule has 2 nitrogen and oxygen atoms in total. The molecule has 0 unspecified atom stereocenters. The van der Waals surface area contributed by atoms with Crippen molar-refractivity contribution in [2.24, 2.45) is 0 Å². The van der Waals surface area contributed by atoms with Crippen molar-refractivity contribution in [1.82, 2.24) is 0 Å². The average molecular weight is 192 g/mol. The second-order valence-corrected chi connectivity index (χ2v) is 3.35. The van der Waals surface area contributed by atoms with Crippen LogP contribution in [-0.4, -0.2) is 20.0 Å². The van der Waals surface area contributed by atoms with Gasteiger partial charge in [-0.3, -0.25) is 4.79 Å². The number of carbonyl (C=O) groups is 1. The zero-order valence-electron chi connectivity index (χ0n) is 8.75. The number of aryl methyl sites for hydroxylation is 1. The number of hydrogen-bond acceptors (Lipinski definition) is 2. The highest BCUT2D eigenvalue weighted by atomic mass is 16.5. The molecule has 0 aliphatic rings. The molecule has 0 radical (unpaired) electrons. The zero-order chi connectivity index (χ0) is 10.4. The lowest BCUT2D eigenvalue weighted by Gasteiger charge is -2.06. The zero-order valence-corrected chi connectivity index (χ0v) is 8.75. The lowest BCUT2D eigenvalue weighted by atomic mass is 10.00. The number of methoxy groups -OCH3 is 1. The van der Waals surface area contributed by atoms with E-state index in [1.807, 2.05) is 19.1 Å².